The van der Waals surface area contributed by atoms with Crippen molar-refractivity contribution in [2.45, 2.75) is 51.4 Å². The summed E-state index contributed by atoms with van der Waals surface area (Å²) in [5.74, 6) is 0.918. The molecule has 0 radical (unpaired) electrons. The summed E-state index contributed by atoms with van der Waals surface area (Å²) < 4.78 is 5.32. The molecule has 0 bridgehead atoms. The van der Waals surface area contributed by atoms with Gasteiger partial charge in [-0.15, -0.1) is 0 Å². The van der Waals surface area contributed by atoms with E-state index in [9.17, 15) is 9.59 Å². The lowest BCUT2D eigenvalue weighted by atomic mass is 9.80. The minimum atomic E-state index is 0.126. The summed E-state index contributed by atoms with van der Waals surface area (Å²) in [4.78, 5) is 29.3. The number of carbonyl (C=O) groups is 2. The fraction of sp³-hybridized carbons (Fsp3) is 0.889. The van der Waals surface area contributed by atoms with E-state index >= 15 is 0 Å². The molecule has 0 unspecified atom stereocenters. The van der Waals surface area contributed by atoms with Gasteiger partial charge in [-0.25, -0.2) is 0 Å². The summed E-state index contributed by atoms with van der Waals surface area (Å²) in [6.07, 6.45) is 8.33. The molecule has 5 heteroatoms. The largest absolute Gasteiger partial charge is 0.378 e. The zero-order valence-corrected chi connectivity index (χ0v) is 14.2. The van der Waals surface area contributed by atoms with Crippen molar-refractivity contribution in [3.8, 4) is 0 Å². The van der Waals surface area contributed by atoms with Gasteiger partial charge in [0.15, 0.2) is 0 Å². The number of likely N-dealkylation sites (tertiary alicyclic amines) is 1. The number of hydrogen-bond acceptors (Lipinski definition) is 3. The van der Waals surface area contributed by atoms with Crippen molar-refractivity contribution in [2.24, 2.45) is 11.8 Å². The molecule has 0 aromatic carbocycles. The van der Waals surface area contributed by atoms with Crippen LogP contribution in [-0.4, -0.2) is 61.0 Å². The first-order valence-corrected chi connectivity index (χ1v) is 9.41. The van der Waals surface area contributed by atoms with Gasteiger partial charge in [0.1, 0.15) is 0 Å². The Morgan fingerprint density at radius 3 is 1.57 bits per heavy atom. The molecule has 2 saturated heterocycles. The van der Waals surface area contributed by atoms with Crippen molar-refractivity contribution in [2.75, 3.05) is 39.4 Å². The lowest BCUT2D eigenvalue weighted by Crippen LogP contribution is -2.45. The molecule has 1 saturated carbocycles. The van der Waals surface area contributed by atoms with Crippen LogP contribution in [0.4, 0.5) is 0 Å². The van der Waals surface area contributed by atoms with Crippen LogP contribution in [0.15, 0.2) is 0 Å². The second kappa shape index (κ2) is 8.13. The van der Waals surface area contributed by atoms with Crippen molar-refractivity contribution in [3.05, 3.63) is 0 Å². The highest BCUT2D eigenvalue weighted by Gasteiger charge is 2.34. The number of amides is 2. The van der Waals surface area contributed by atoms with E-state index in [2.05, 4.69) is 4.90 Å². The number of ether oxygens (including phenoxy) is 1. The molecule has 2 heterocycles. The third-order valence-electron chi connectivity index (χ3n) is 5.67. The fourth-order valence-corrected chi connectivity index (χ4v) is 4.18. The Kier molecular flexibility index (Phi) is 5.92. The number of morpholine rings is 1. The smallest absolute Gasteiger partial charge is 0.225 e. The summed E-state index contributed by atoms with van der Waals surface area (Å²) in [6, 6.07) is 0. The van der Waals surface area contributed by atoms with Crippen LogP contribution in [0.3, 0.4) is 0 Å². The highest BCUT2D eigenvalue weighted by atomic mass is 16.5. The molecule has 0 atom stereocenters. The lowest BCUT2D eigenvalue weighted by molar-refractivity contribution is -0.143. The average molecular weight is 322 g/mol. The minimum Gasteiger partial charge on any atom is -0.378 e. The van der Waals surface area contributed by atoms with E-state index in [-0.39, 0.29) is 17.7 Å². The Balaban J connectivity index is 1.47. The van der Waals surface area contributed by atoms with Gasteiger partial charge in [0, 0.05) is 38.0 Å². The molecule has 0 spiro atoms. The zero-order chi connectivity index (χ0) is 16.1. The van der Waals surface area contributed by atoms with Crippen LogP contribution in [0.1, 0.15) is 51.4 Å². The van der Waals surface area contributed by atoms with Crippen molar-refractivity contribution in [1.82, 2.24) is 9.80 Å². The second-order valence-corrected chi connectivity index (χ2v) is 7.23. The standard InChI is InChI=1S/C18H30N2O3/c21-17(19-9-3-1-2-4-10-19)15-5-7-16(8-6-15)18(22)20-11-13-23-14-12-20/h15-16H,1-14H2. The highest BCUT2D eigenvalue weighted by molar-refractivity contribution is 5.81. The van der Waals surface area contributed by atoms with Gasteiger partial charge in [0.25, 0.3) is 0 Å². The molecule has 1 aliphatic carbocycles. The number of nitrogens with zero attached hydrogens (tertiary/aromatic N) is 2. The molecular weight excluding hydrogens is 292 g/mol. The third kappa shape index (κ3) is 4.25. The predicted molar refractivity (Wildman–Crippen MR) is 87.9 cm³/mol. The predicted octanol–water partition coefficient (Wildman–Crippen LogP) is 2.05. The molecule has 3 fully saturated rings. The SMILES string of the molecule is O=C(C1CCC(C(=O)N2CCOCC2)CC1)N1CCCCCC1. The van der Waals surface area contributed by atoms with Crippen LogP contribution in [0.25, 0.3) is 0 Å². The molecule has 3 aliphatic rings. The molecule has 0 aromatic rings. The molecule has 130 valence electrons. The molecule has 0 N–H and O–H groups in total. The first-order valence-electron chi connectivity index (χ1n) is 9.41. The summed E-state index contributed by atoms with van der Waals surface area (Å²) in [5.41, 5.74) is 0. The van der Waals surface area contributed by atoms with Crippen molar-refractivity contribution < 1.29 is 14.3 Å². The van der Waals surface area contributed by atoms with Crippen molar-refractivity contribution in [1.29, 1.82) is 0 Å². The molecule has 0 aromatic heterocycles. The van der Waals surface area contributed by atoms with Crippen LogP contribution >= 0.6 is 0 Å². The summed E-state index contributed by atoms with van der Waals surface area (Å²) in [7, 11) is 0. The quantitative estimate of drug-likeness (QED) is 0.782. The monoisotopic (exact) mass is 322 g/mol. The molecular formula is C18H30N2O3. The maximum absolute atomic E-state index is 12.7. The first kappa shape index (κ1) is 16.7. The Bertz CT molecular complexity index is 404. The van der Waals surface area contributed by atoms with Crippen molar-refractivity contribution in [3.63, 3.8) is 0 Å². The van der Waals surface area contributed by atoms with Gasteiger partial charge in [-0.1, -0.05) is 12.8 Å². The highest BCUT2D eigenvalue weighted by Crippen LogP contribution is 2.32. The molecule has 3 rings (SSSR count). The van der Waals surface area contributed by atoms with Gasteiger partial charge in [-0.3, -0.25) is 9.59 Å². The Labute approximate surface area is 139 Å². The van der Waals surface area contributed by atoms with Gasteiger partial charge >= 0.3 is 0 Å². The van der Waals surface area contributed by atoms with Gasteiger partial charge in [0.2, 0.25) is 11.8 Å². The van der Waals surface area contributed by atoms with Crippen LogP contribution in [0.5, 0.6) is 0 Å². The maximum Gasteiger partial charge on any atom is 0.225 e. The zero-order valence-electron chi connectivity index (χ0n) is 14.2. The average Bonchev–Trinajstić information content (AvgIpc) is 2.91. The Hall–Kier alpha value is -1.10. The third-order valence-corrected chi connectivity index (χ3v) is 5.67. The number of rotatable bonds is 2. The van der Waals surface area contributed by atoms with Gasteiger partial charge in [0.05, 0.1) is 13.2 Å². The molecule has 5 nitrogen and oxygen atoms in total. The molecule has 2 amide bonds. The van der Waals surface area contributed by atoms with Crippen LogP contribution in [-0.2, 0) is 14.3 Å². The second-order valence-electron chi connectivity index (χ2n) is 7.23. The fourth-order valence-electron chi connectivity index (χ4n) is 4.18. The topological polar surface area (TPSA) is 49.9 Å². The molecule has 23 heavy (non-hydrogen) atoms. The first-order chi connectivity index (χ1) is 11.3. The van der Waals surface area contributed by atoms with Crippen LogP contribution in [0, 0.1) is 11.8 Å². The van der Waals surface area contributed by atoms with Gasteiger partial charge in [-0.2, -0.15) is 0 Å². The lowest BCUT2D eigenvalue weighted by Gasteiger charge is -2.35. The van der Waals surface area contributed by atoms with Crippen LogP contribution in [0.2, 0.25) is 0 Å². The van der Waals surface area contributed by atoms with Crippen LogP contribution < -0.4 is 0 Å². The van der Waals surface area contributed by atoms with E-state index in [1.165, 1.54) is 12.8 Å². The van der Waals surface area contributed by atoms with Crippen molar-refractivity contribution >= 4 is 11.8 Å². The van der Waals surface area contributed by atoms with E-state index in [1.807, 2.05) is 4.90 Å². The summed E-state index contributed by atoms with van der Waals surface area (Å²) in [5, 5.41) is 0. The number of hydrogen-bond donors (Lipinski definition) is 0. The maximum atomic E-state index is 12.7. The normalized spacial score (nSPS) is 29.9. The van der Waals surface area contributed by atoms with Gasteiger partial charge in [-0.05, 0) is 38.5 Å². The van der Waals surface area contributed by atoms with E-state index in [0.29, 0.717) is 19.1 Å². The van der Waals surface area contributed by atoms with E-state index in [4.69, 9.17) is 4.74 Å². The Morgan fingerprint density at radius 2 is 1.09 bits per heavy atom. The van der Waals surface area contributed by atoms with E-state index in [1.54, 1.807) is 0 Å². The minimum absolute atomic E-state index is 0.126. The summed E-state index contributed by atoms with van der Waals surface area (Å²) >= 11 is 0. The van der Waals surface area contributed by atoms with E-state index < -0.39 is 0 Å². The Morgan fingerprint density at radius 1 is 0.652 bits per heavy atom. The number of carbonyl (C=O) groups excluding carboxylic acids is 2. The molecule has 2 aliphatic heterocycles. The van der Waals surface area contributed by atoms with E-state index in [0.717, 1.165) is 64.7 Å². The summed E-state index contributed by atoms with van der Waals surface area (Å²) in [6.45, 7) is 4.65. The van der Waals surface area contributed by atoms with Gasteiger partial charge < -0.3 is 14.5 Å².